The fraction of sp³-hybridized carbons (Fsp3) is 0.348. The number of carboxylic acids is 2. The molecule has 0 unspecified atom stereocenters. The van der Waals surface area contributed by atoms with Crippen LogP contribution < -0.4 is 5.32 Å². The number of benzene rings is 2. The van der Waals surface area contributed by atoms with Crippen LogP contribution >= 0.6 is 0 Å². The Kier molecular flexibility index (Phi) is 6.84. The smallest absolute Gasteiger partial charge is 0.321 e. The number of aromatic nitrogens is 2. The van der Waals surface area contributed by atoms with Gasteiger partial charge in [-0.05, 0) is 28.7 Å². The summed E-state index contributed by atoms with van der Waals surface area (Å²) in [4.78, 5) is 27.6. The lowest BCUT2D eigenvalue weighted by Crippen LogP contribution is -2.49. The molecular weight excluding hydrogens is 382 g/mol. The first-order valence-corrected chi connectivity index (χ1v) is 10.0. The Balaban J connectivity index is 1.80. The van der Waals surface area contributed by atoms with Crippen LogP contribution in [0.15, 0.2) is 55.0 Å². The quantitative estimate of drug-likeness (QED) is 0.475. The van der Waals surface area contributed by atoms with Crippen LogP contribution in [-0.4, -0.2) is 43.8 Å². The molecule has 0 fully saturated rings. The minimum Gasteiger partial charge on any atom is -0.480 e. The van der Waals surface area contributed by atoms with Gasteiger partial charge in [-0.2, -0.15) is 0 Å². The maximum atomic E-state index is 11.8. The van der Waals surface area contributed by atoms with Crippen molar-refractivity contribution in [2.24, 2.45) is 5.92 Å². The Hall–Kier alpha value is -3.19. The van der Waals surface area contributed by atoms with Gasteiger partial charge in [-0.25, -0.2) is 4.98 Å². The van der Waals surface area contributed by atoms with Gasteiger partial charge in [0.25, 0.3) is 0 Å². The molecule has 0 bridgehead atoms. The van der Waals surface area contributed by atoms with E-state index in [4.69, 9.17) is 0 Å². The number of nitrogens with zero attached hydrogens (tertiary/aromatic N) is 2. The summed E-state index contributed by atoms with van der Waals surface area (Å²) in [6, 6.07) is 12.3. The molecule has 7 nitrogen and oxygen atoms in total. The van der Waals surface area contributed by atoms with E-state index in [2.05, 4.69) is 28.5 Å². The van der Waals surface area contributed by atoms with E-state index in [1.807, 2.05) is 42.7 Å². The second-order valence-electron chi connectivity index (χ2n) is 7.93. The number of imidazole rings is 1. The van der Waals surface area contributed by atoms with E-state index in [0.717, 1.165) is 22.0 Å². The van der Waals surface area contributed by atoms with Crippen LogP contribution in [0.25, 0.3) is 10.8 Å². The molecule has 1 aromatic heterocycles. The number of carbonyl (C=O) groups is 2. The third-order valence-electron chi connectivity index (χ3n) is 5.14. The summed E-state index contributed by atoms with van der Waals surface area (Å²) in [5, 5.41) is 24.2. The Morgan fingerprint density at radius 1 is 1.03 bits per heavy atom. The fourth-order valence-electron chi connectivity index (χ4n) is 3.66. The summed E-state index contributed by atoms with van der Waals surface area (Å²) in [6.07, 6.45) is 3.82. The number of carboxylic acid groups (broad SMARTS) is 2. The Bertz CT molecular complexity index is 1020. The topological polar surface area (TPSA) is 104 Å². The lowest BCUT2D eigenvalue weighted by molar-refractivity contribution is -0.142. The fourth-order valence-corrected chi connectivity index (χ4v) is 3.66. The molecule has 0 spiro atoms. The first-order valence-electron chi connectivity index (χ1n) is 10.0. The maximum absolute atomic E-state index is 11.8. The molecule has 2 atom stereocenters. The van der Waals surface area contributed by atoms with E-state index in [-0.39, 0.29) is 12.3 Å². The van der Waals surface area contributed by atoms with Gasteiger partial charge in [0, 0.05) is 24.9 Å². The van der Waals surface area contributed by atoms with Gasteiger partial charge in [-0.15, -0.1) is 0 Å². The largest absolute Gasteiger partial charge is 0.480 e. The zero-order valence-corrected chi connectivity index (χ0v) is 17.2. The van der Waals surface area contributed by atoms with Gasteiger partial charge in [-0.1, -0.05) is 56.3 Å². The summed E-state index contributed by atoms with van der Waals surface area (Å²) >= 11 is 0. The molecular formula is C23H27N3O4. The van der Waals surface area contributed by atoms with Gasteiger partial charge in [0.15, 0.2) is 0 Å². The predicted octanol–water partition coefficient (Wildman–Crippen LogP) is 3.17. The minimum absolute atomic E-state index is 0.130. The van der Waals surface area contributed by atoms with Gasteiger partial charge in [0.2, 0.25) is 0 Å². The van der Waals surface area contributed by atoms with Crippen molar-refractivity contribution in [2.45, 2.75) is 45.3 Å². The van der Waals surface area contributed by atoms with Gasteiger partial charge in [0.1, 0.15) is 12.1 Å². The van der Waals surface area contributed by atoms with Crippen LogP contribution in [0.5, 0.6) is 0 Å². The standard InChI is InChI=1S/C23H27N3O4/c1-15(2)10-20(22(27)28)25-21(23(29)30)11-18-12-24-14-26(18)13-17-8-5-7-16-6-3-4-9-19(16)17/h3-9,12,14-15,20-21,25H,10-11,13H2,1-2H3,(H,27,28)(H,29,30)/t20-,21-/m0/s1. The number of hydrogen-bond acceptors (Lipinski definition) is 4. The molecule has 0 saturated carbocycles. The number of nitrogens with one attached hydrogen (secondary N) is 1. The normalized spacial score (nSPS) is 13.4. The third kappa shape index (κ3) is 5.24. The molecule has 3 rings (SSSR count). The maximum Gasteiger partial charge on any atom is 0.321 e. The van der Waals surface area contributed by atoms with E-state index in [1.54, 1.807) is 12.5 Å². The molecule has 0 aliphatic carbocycles. The molecule has 1 heterocycles. The Morgan fingerprint density at radius 2 is 1.73 bits per heavy atom. The summed E-state index contributed by atoms with van der Waals surface area (Å²) in [7, 11) is 0. The van der Waals surface area contributed by atoms with Crippen molar-refractivity contribution >= 4 is 22.7 Å². The summed E-state index contributed by atoms with van der Waals surface area (Å²) in [6.45, 7) is 4.37. The zero-order valence-electron chi connectivity index (χ0n) is 17.2. The predicted molar refractivity (Wildman–Crippen MR) is 114 cm³/mol. The van der Waals surface area contributed by atoms with E-state index in [9.17, 15) is 19.8 Å². The molecule has 0 aliphatic rings. The van der Waals surface area contributed by atoms with Gasteiger partial charge in [-0.3, -0.25) is 14.9 Å². The number of fused-ring (bicyclic) bond motifs is 1. The van der Waals surface area contributed by atoms with E-state index in [1.165, 1.54) is 0 Å². The number of rotatable bonds is 10. The molecule has 7 heteroatoms. The first kappa shape index (κ1) is 21.5. The van der Waals surface area contributed by atoms with Crippen LogP contribution in [0, 0.1) is 5.92 Å². The van der Waals surface area contributed by atoms with E-state index in [0.29, 0.717) is 13.0 Å². The van der Waals surface area contributed by atoms with Crippen LogP contribution in [0.4, 0.5) is 0 Å². The SMILES string of the molecule is CC(C)C[C@H](N[C@@H](Cc1cncn1Cc1cccc2ccccc12)C(=O)O)C(=O)O. The highest BCUT2D eigenvalue weighted by Gasteiger charge is 2.27. The number of aliphatic carboxylic acids is 2. The van der Waals surface area contributed by atoms with Crippen LogP contribution in [-0.2, 0) is 22.6 Å². The molecule has 0 amide bonds. The van der Waals surface area contributed by atoms with Crippen molar-refractivity contribution in [3.05, 3.63) is 66.2 Å². The second kappa shape index (κ2) is 9.54. The molecule has 0 saturated heterocycles. The molecule has 0 aliphatic heterocycles. The van der Waals surface area contributed by atoms with Crippen molar-refractivity contribution in [3.8, 4) is 0 Å². The van der Waals surface area contributed by atoms with E-state index >= 15 is 0 Å². The minimum atomic E-state index is -1.08. The van der Waals surface area contributed by atoms with Crippen molar-refractivity contribution in [1.82, 2.24) is 14.9 Å². The highest BCUT2D eigenvalue weighted by Crippen LogP contribution is 2.20. The van der Waals surface area contributed by atoms with E-state index < -0.39 is 24.0 Å². The summed E-state index contributed by atoms with van der Waals surface area (Å²) in [5.74, 6) is -1.99. The average Bonchev–Trinajstić information content (AvgIpc) is 3.13. The van der Waals surface area contributed by atoms with Gasteiger partial charge >= 0.3 is 11.9 Å². The Morgan fingerprint density at radius 3 is 2.43 bits per heavy atom. The van der Waals surface area contributed by atoms with Crippen LogP contribution in [0.1, 0.15) is 31.5 Å². The zero-order chi connectivity index (χ0) is 21.7. The van der Waals surface area contributed by atoms with Crippen LogP contribution in [0.3, 0.4) is 0 Å². The summed E-state index contributed by atoms with van der Waals surface area (Å²) in [5.41, 5.74) is 1.84. The second-order valence-corrected chi connectivity index (χ2v) is 7.93. The average molecular weight is 409 g/mol. The molecule has 3 N–H and O–H groups in total. The van der Waals surface area contributed by atoms with Crippen LogP contribution in [0.2, 0.25) is 0 Å². The highest BCUT2D eigenvalue weighted by molar-refractivity contribution is 5.85. The van der Waals surface area contributed by atoms with Gasteiger partial charge in [0.05, 0.1) is 6.33 Å². The third-order valence-corrected chi connectivity index (χ3v) is 5.14. The van der Waals surface area contributed by atoms with Gasteiger partial charge < -0.3 is 14.8 Å². The first-order chi connectivity index (χ1) is 14.3. The van der Waals surface area contributed by atoms with Crippen molar-refractivity contribution in [1.29, 1.82) is 0 Å². The van der Waals surface area contributed by atoms with Crippen molar-refractivity contribution in [2.75, 3.05) is 0 Å². The molecule has 3 aromatic rings. The lowest BCUT2D eigenvalue weighted by atomic mass is 10.0. The van der Waals surface area contributed by atoms with Crippen molar-refractivity contribution < 1.29 is 19.8 Å². The lowest BCUT2D eigenvalue weighted by Gasteiger charge is -2.22. The molecule has 0 radical (unpaired) electrons. The molecule has 2 aromatic carbocycles. The monoisotopic (exact) mass is 409 g/mol. The molecule has 158 valence electrons. The number of hydrogen-bond donors (Lipinski definition) is 3. The molecule has 30 heavy (non-hydrogen) atoms. The highest BCUT2D eigenvalue weighted by atomic mass is 16.4. The Labute approximate surface area is 175 Å². The summed E-state index contributed by atoms with van der Waals surface area (Å²) < 4.78 is 1.91. The van der Waals surface area contributed by atoms with Crippen molar-refractivity contribution in [3.63, 3.8) is 0 Å².